The zero-order valence-electron chi connectivity index (χ0n) is 14.7. The SMILES string of the molecule is CCNC(=NCc1ncc(CC)s1)NCCCN1CCOCC1.I. The van der Waals surface area contributed by atoms with E-state index in [4.69, 9.17) is 4.74 Å². The Morgan fingerprint density at radius 3 is 2.79 bits per heavy atom. The number of nitrogens with zero attached hydrogens (tertiary/aromatic N) is 3. The molecular weight excluding hydrogens is 437 g/mol. The van der Waals surface area contributed by atoms with E-state index in [0.29, 0.717) is 6.54 Å². The van der Waals surface area contributed by atoms with Crippen LogP contribution in [-0.4, -0.2) is 61.8 Å². The molecule has 0 saturated carbocycles. The Balaban J connectivity index is 0.00000288. The third-order valence-electron chi connectivity index (χ3n) is 3.71. The number of thiazole rings is 1. The number of morpholine rings is 1. The Kier molecular flexibility index (Phi) is 11.6. The molecule has 138 valence electrons. The Hall–Kier alpha value is -0.450. The van der Waals surface area contributed by atoms with Gasteiger partial charge in [-0.2, -0.15) is 0 Å². The average molecular weight is 467 g/mol. The molecule has 1 saturated heterocycles. The van der Waals surface area contributed by atoms with E-state index in [1.807, 2.05) is 6.20 Å². The normalized spacial score (nSPS) is 15.8. The van der Waals surface area contributed by atoms with Gasteiger partial charge in [0.25, 0.3) is 0 Å². The molecule has 1 aromatic heterocycles. The smallest absolute Gasteiger partial charge is 0.191 e. The highest BCUT2D eigenvalue weighted by Gasteiger charge is 2.09. The van der Waals surface area contributed by atoms with Crippen LogP contribution in [0.1, 0.15) is 30.2 Å². The maximum atomic E-state index is 5.37. The minimum atomic E-state index is 0. The van der Waals surface area contributed by atoms with Crippen LogP contribution >= 0.6 is 35.3 Å². The molecule has 6 nitrogen and oxygen atoms in total. The molecule has 2 rings (SSSR count). The maximum absolute atomic E-state index is 5.37. The zero-order chi connectivity index (χ0) is 16.3. The highest BCUT2D eigenvalue weighted by Crippen LogP contribution is 2.13. The predicted molar refractivity (Wildman–Crippen MR) is 112 cm³/mol. The molecule has 0 radical (unpaired) electrons. The standard InChI is InChI=1S/C16H29N5OS.HI/c1-3-14-12-19-15(23-14)13-20-16(17-4-2)18-6-5-7-21-8-10-22-11-9-21;/h12H,3-11,13H2,1-2H3,(H2,17,18,20);1H. The molecule has 2 heterocycles. The van der Waals surface area contributed by atoms with Gasteiger partial charge in [-0.05, 0) is 26.3 Å². The van der Waals surface area contributed by atoms with Crippen molar-refractivity contribution in [1.82, 2.24) is 20.5 Å². The first-order valence-electron chi connectivity index (χ1n) is 8.57. The summed E-state index contributed by atoms with van der Waals surface area (Å²) in [6, 6.07) is 0. The Morgan fingerprint density at radius 1 is 1.33 bits per heavy atom. The van der Waals surface area contributed by atoms with Gasteiger partial charge in [-0.1, -0.05) is 6.92 Å². The number of aromatic nitrogens is 1. The van der Waals surface area contributed by atoms with Gasteiger partial charge >= 0.3 is 0 Å². The van der Waals surface area contributed by atoms with Gasteiger partial charge in [-0.15, -0.1) is 35.3 Å². The lowest BCUT2D eigenvalue weighted by Gasteiger charge is -2.26. The quantitative estimate of drug-likeness (QED) is 0.266. The first-order valence-corrected chi connectivity index (χ1v) is 9.39. The predicted octanol–water partition coefficient (Wildman–Crippen LogP) is 2.10. The fourth-order valence-corrected chi connectivity index (χ4v) is 3.19. The van der Waals surface area contributed by atoms with Gasteiger partial charge in [0.05, 0.1) is 19.8 Å². The number of hydrogen-bond acceptors (Lipinski definition) is 5. The lowest BCUT2D eigenvalue weighted by Crippen LogP contribution is -2.40. The van der Waals surface area contributed by atoms with E-state index >= 15 is 0 Å². The van der Waals surface area contributed by atoms with E-state index in [1.165, 1.54) is 4.88 Å². The van der Waals surface area contributed by atoms with E-state index in [-0.39, 0.29) is 24.0 Å². The summed E-state index contributed by atoms with van der Waals surface area (Å²) in [4.78, 5) is 12.8. The van der Waals surface area contributed by atoms with Gasteiger partial charge in [0.1, 0.15) is 5.01 Å². The van der Waals surface area contributed by atoms with Gasteiger partial charge in [0.15, 0.2) is 5.96 Å². The molecule has 1 aliphatic heterocycles. The van der Waals surface area contributed by atoms with Crippen LogP contribution in [0.4, 0.5) is 0 Å². The monoisotopic (exact) mass is 467 g/mol. The largest absolute Gasteiger partial charge is 0.379 e. The third-order valence-corrected chi connectivity index (χ3v) is 4.84. The molecule has 0 atom stereocenters. The van der Waals surface area contributed by atoms with Crippen molar-refractivity contribution in [2.24, 2.45) is 4.99 Å². The van der Waals surface area contributed by atoms with Crippen LogP contribution in [0.5, 0.6) is 0 Å². The first-order chi connectivity index (χ1) is 11.3. The first kappa shape index (κ1) is 21.6. The summed E-state index contributed by atoms with van der Waals surface area (Å²) in [6.07, 6.45) is 4.11. The molecule has 0 amide bonds. The fraction of sp³-hybridized carbons (Fsp3) is 0.750. The number of hydrogen-bond donors (Lipinski definition) is 2. The second-order valence-corrected chi connectivity index (χ2v) is 6.70. The number of halogens is 1. The van der Waals surface area contributed by atoms with Gasteiger partial charge in [0, 0.05) is 37.3 Å². The second-order valence-electron chi connectivity index (χ2n) is 5.50. The summed E-state index contributed by atoms with van der Waals surface area (Å²) in [6.45, 7) is 11.6. The van der Waals surface area contributed by atoms with E-state index in [9.17, 15) is 0 Å². The van der Waals surface area contributed by atoms with Crippen LogP contribution in [0.3, 0.4) is 0 Å². The van der Waals surface area contributed by atoms with Crippen molar-refractivity contribution in [3.8, 4) is 0 Å². The zero-order valence-corrected chi connectivity index (χ0v) is 17.9. The van der Waals surface area contributed by atoms with Crippen LogP contribution in [-0.2, 0) is 17.7 Å². The topological polar surface area (TPSA) is 61.8 Å². The lowest BCUT2D eigenvalue weighted by atomic mass is 10.3. The molecule has 0 spiro atoms. The van der Waals surface area contributed by atoms with Gasteiger partial charge in [-0.3, -0.25) is 4.90 Å². The van der Waals surface area contributed by atoms with Crippen molar-refractivity contribution in [2.45, 2.75) is 33.2 Å². The highest BCUT2D eigenvalue weighted by molar-refractivity contribution is 14.0. The van der Waals surface area contributed by atoms with Gasteiger partial charge < -0.3 is 15.4 Å². The molecule has 0 unspecified atom stereocenters. The summed E-state index contributed by atoms with van der Waals surface area (Å²) in [5, 5.41) is 7.78. The number of nitrogens with one attached hydrogen (secondary N) is 2. The van der Waals surface area contributed by atoms with Crippen molar-refractivity contribution in [2.75, 3.05) is 45.9 Å². The van der Waals surface area contributed by atoms with Crippen molar-refractivity contribution in [3.63, 3.8) is 0 Å². The van der Waals surface area contributed by atoms with Crippen LogP contribution in [0, 0.1) is 0 Å². The molecule has 0 aromatic carbocycles. The molecule has 1 aromatic rings. The number of aryl methyl sites for hydroxylation is 1. The molecule has 2 N–H and O–H groups in total. The summed E-state index contributed by atoms with van der Waals surface area (Å²) < 4.78 is 5.37. The van der Waals surface area contributed by atoms with E-state index in [1.54, 1.807) is 11.3 Å². The number of aliphatic imine (C=N–C) groups is 1. The maximum Gasteiger partial charge on any atom is 0.191 e. The molecule has 0 aliphatic carbocycles. The van der Waals surface area contributed by atoms with Crippen molar-refractivity contribution in [1.29, 1.82) is 0 Å². The summed E-state index contributed by atoms with van der Waals surface area (Å²) in [7, 11) is 0. The molecule has 24 heavy (non-hydrogen) atoms. The molecule has 1 fully saturated rings. The molecule has 0 bridgehead atoms. The van der Waals surface area contributed by atoms with E-state index in [0.717, 1.165) is 69.7 Å². The van der Waals surface area contributed by atoms with Gasteiger partial charge in [-0.25, -0.2) is 9.98 Å². The highest BCUT2D eigenvalue weighted by atomic mass is 127. The van der Waals surface area contributed by atoms with Crippen LogP contribution < -0.4 is 10.6 Å². The van der Waals surface area contributed by atoms with Crippen LogP contribution in [0.15, 0.2) is 11.2 Å². The Labute approximate surface area is 166 Å². The number of rotatable bonds is 8. The number of guanidine groups is 1. The average Bonchev–Trinajstić information content (AvgIpc) is 3.05. The summed E-state index contributed by atoms with van der Waals surface area (Å²) in [5.41, 5.74) is 0. The van der Waals surface area contributed by atoms with Crippen LogP contribution in [0.25, 0.3) is 0 Å². The molecule has 8 heteroatoms. The van der Waals surface area contributed by atoms with Crippen molar-refractivity contribution < 1.29 is 4.74 Å². The van der Waals surface area contributed by atoms with E-state index in [2.05, 4.69) is 39.4 Å². The van der Waals surface area contributed by atoms with Crippen LogP contribution in [0.2, 0.25) is 0 Å². The molecule has 1 aliphatic rings. The fourth-order valence-electron chi connectivity index (χ4n) is 2.41. The number of ether oxygens (including phenoxy) is 1. The van der Waals surface area contributed by atoms with Crippen molar-refractivity contribution >= 4 is 41.3 Å². The summed E-state index contributed by atoms with van der Waals surface area (Å²) >= 11 is 1.75. The third kappa shape index (κ3) is 8.09. The minimum absolute atomic E-state index is 0. The molecular formula is C16H30IN5OS. The summed E-state index contributed by atoms with van der Waals surface area (Å²) in [5.74, 6) is 0.878. The van der Waals surface area contributed by atoms with E-state index < -0.39 is 0 Å². The Morgan fingerprint density at radius 2 is 2.12 bits per heavy atom. The van der Waals surface area contributed by atoms with Crippen molar-refractivity contribution in [3.05, 3.63) is 16.1 Å². The second kappa shape index (κ2) is 12.8. The van der Waals surface area contributed by atoms with Gasteiger partial charge in [0.2, 0.25) is 0 Å². The Bertz CT molecular complexity index is 477. The minimum Gasteiger partial charge on any atom is -0.379 e. The lowest BCUT2D eigenvalue weighted by molar-refractivity contribution is 0.0376.